The largest absolute Gasteiger partial charge is 0.756 e. The molecule has 7 nitrogen and oxygen atoms in total. The number of hydrogen-bond donors (Lipinski definition) is 1. The fourth-order valence-corrected chi connectivity index (χ4v) is 1.74. The van der Waals surface area contributed by atoms with E-state index >= 15 is 0 Å². The molecule has 17 heavy (non-hydrogen) atoms. The number of phosphoric ester groups is 1. The standard InChI is InChI=1S/C9H20NO6P/c1-3-5-8(16-9(11)4-2)6-14-17(12,13)15-7-10/h8H,3-7,10H2,1-2H3,(H,12,13). The predicted molar refractivity (Wildman–Crippen MR) is 57.5 cm³/mol. The smallest absolute Gasteiger partial charge is 0.305 e. The third-order valence-corrected chi connectivity index (χ3v) is 2.83. The molecule has 0 heterocycles. The molecular weight excluding hydrogens is 249 g/mol. The molecule has 0 spiro atoms. The Balaban J connectivity index is 4.16. The normalized spacial score (nSPS) is 16.2. The highest BCUT2D eigenvalue weighted by Gasteiger charge is 2.17. The highest BCUT2D eigenvalue weighted by molar-refractivity contribution is 7.45. The van der Waals surface area contributed by atoms with E-state index in [1.807, 2.05) is 6.92 Å². The van der Waals surface area contributed by atoms with E-state index in [-0.39, 0.29) is 25.7 Å². The Morgan fingerprint density at radius 3 is 2.53 bits per heavy atom. The Labute approximate surface area is 101 Å². The molecule has 0 aliphatic carbocycles. The summed E-state index contributed by atoms with van der Waals surface area (Å²) in [4.78, 5) is 22.2. The highest BCUT2D eigenvalue weighted by Crippen LogP contribution is 2.37. The number of carbonyl (C=O) groups excluding carboxylic acids is 1. The van der Waals surface area contributed by atoms with Gasteiger partial charge in [-0.05, 0) is 6.42 Å². The van der Waals surface area contributed by atoms with Crippen LogP contribution in [0.2, 0.25) is 0 Å². The Bertz CT molecular complexity index is 272. The molecule has 0 rings (SSSR count). The summed E-state index contributed by atoms with van der Waals surface area (Å²) in [6.07, 6.45) is 0.966. The maximum atomic E-state index is 11.1. The first-order chi connectivity index (χ1) is 7.95. The fourth-order valence-electron chi connectivity index (χ4n) is 1.09. The molecule has 3 N–H and O–H groups in total. The van der Waals surface area contributed by atoms with Gasteiger partial charge in [0.05, 0.1) is 6.61 Å². The molecule has 0 bridgehead atoms. The second-order valence-corrected chi connectivity index (χ2v) is 4.74. The van der Waals surface area contributed by atoms with Gasteiger partial charge in [-0.3, -0.25) is 13.9 Å². The van der Waals surface area contributed by atoms with Crippen molar-refractivity contribution in [1.82, 2.24) is 0 Å². The van der Waals surface area contributed by atoms with Crippen LogP contribution in [-0.4, -0.2) is 25.4 Å². The number of quaternary nitrogens is 1. The zero-order chi connectivity index (χ0) is 13.3. The quantitative estimate of drug-likeness (QED) is 0.352. The van der Waals surface area contributed by atoms with Gasteiger partial charge in [-0.2, -0.15) is 0 Å². The number of rotatable bonds is 9. The van der Waals surface area contributed by atoms with Crippen LogP contribution in [0.15, 0.2) is 0 Å². The monoisotopic (exact) mass is 269 g/mol. The van der Waals surface area contributed by atoms with E-state index in [4.69, 9.17) is 4.74 Å². The molecule has 0 aromatic carbocycles. The van der Waals surface area contributed by atoms with Crippen LogP contribution in [0.1, 0.15) is 33.1 Å². The molecule has 0 amide bonds. The van der Waals surface area contributed by atoms with Crippen LogP contribution in [0, 0.1) is 0 Å². The second kappa shape index (κ2) is 8.60. The van der Waals surface area contributed by atoms with Gasteiger partial charge in [-0.15, -0.1) is 0 Å². The Morgan fingerprint density at radius 1 is 1.41 bits per heavy atom. The molecule has 0 aromatic heterocycles. The molecule has 0 radical (unpaired) electrons. The van der Waals surface area contributed by atoms with E-state index in [1.54, 1.807) is 6.92 Å². The predicted octanol–water partition coefficient (Wildman–Crippen LogP) is -0.191. The van der Waals surface area contributed by atoms with Crippen LogP contribution in [0.25, 0.3) is 0 Å². The lowest BCUT2D eigenvalue weighted by molar-refractivity contribution is -0.422. The number of carbonyl (C=O) groups is 1. The van der Waals surface area contributed by atoms with E-state index in [0.717, 1.165) is 6.42 Å². The SMILES string of the molecule is CCCC(COP(=O)([O-])OC[NH3+])OC(=O)CC. The molecule has 0 saturated heterocycles. The van der Waals surface area contributed by atoms with E-state index < -0.39 is 13.9 Å². The van der Waals surface area contributed by atoms with Crippen LogP contribution >= 0.6 is 7.82 Å². The molecule has 2 unspecified atom stereocenters. The molecule has 0 fully saturated rings. The summed E-state index contributed by atoms with van der Waals surface area (Å²) in [5, 5.41) is 0. The van der Waals surface area contributed by atoms with Gasteiger partial charge in [0, 0.05) is 6.42 Å². The fraction of sp³-hybridized carbons (Fsp3) is 0.889. The Hall–Kier alpha value is -0.460. The van der Waals surface area contributed by atoms with E-state index in [1.165, 1.54) is 0 Å². The average Bonchev–Trinajstić information content (AvgIpc) is 2.26. The van der Waals surface area contributed by atoms with Crippen molar-refractivity contribution in [1.29, 1.82) is 0 Å². The van der Waals surface area contributed by atoms with Crippen molar-refractivity contribution in [2.45, 2.75) is 39.2 Å². The van der Waals surface area contributed by atoms with Crippen molar-refractivity contribution in [3.05, 3.63) is 0 Å². The molecular formula is C9H20NO6P. The van der Waals surface area contributed by atoms with Crippen molar-refractivity contribution in [2.75, 3.05) is 13.3 Å². The first-order valence-electron chi connectivity index (χ1n) is 5.54. The highest BCUT2D eigenvalue weighted by atomic mass is 31.2. The number of ether oxygens (including phenoxy) is 1. The van der Waals surface area contributed by atoms with E-state index in [9.17, 15) is 14.3 Å². The van der Waals surface area contributed by atoms with Gasteiger partial charge in [-0.25, -0.2) is 0 Å². The number of phosphoric acid groups is 1. The molecule has 102 valence electrons. The summed E-state index contributed by atoms with van der Waals surface area (Å²) in [5.41, 5.74) is 3.24. The van der Waals surface area contributed by atoms with E-state index in [0.29, 0.717) is 6.42 Å². The lowest BCUT2D eigenvalue weighted by Gasteiger charge is -2.24. The lowest BCUT2D eigenvalue weighted by Crippen LogP contribution is -2.51. The zero-order valence-corrected chi connectivity index (χ0v) is 11.1. The number of hydrogen-bond acceptors (Lipinski definition) is 6. The topological polar surface area (TPSA) is 113 Å². The summed E-state index contributed by atoms with van der Waals surface area (Å²) < 4.78 is 25.0. The summed E-state index contributed by atoms with van der Waals surface area (Å²) in [7, 11) is -4.33. The minimum Gasteiger partial charge on any atom is -0.756 e. The Kier molecular flexibility index (Phi) is 8.37. The van der Waals surface area contributed by atoms with Gasteiger partial charge in [0.15, 0.2) is 6.73 Å². The van der Waals surface area contributed by atoms with Crippen LogP contribution in [0.3, 0.4) is 0 Å². The lowest BCUT2D eigenvalue weighted by atomic mass is 10.2. The van der Waals surface area contributed by atoms with Gasteiger partial charge < -0.3 is 19.9 Å². The molecule has 0 aliphatic heterocycles. The molecule has 8 heteroatoms. The minimum absolute atomic E-state index is 0.222. The van der Waals surface area contributed by atoms with Crippen molar-refractivity contribution >= 4 is 13.8 Å². The van der Waals surface area contributed by atoms with Crippen molar-refractivity contribution in [2.24, 2.45) is 0 Å². The van der Waals surface area contributed by atoms with Gasteiger partial charge >= 0.3 is 5.97 Å². The molecule has 0 saturated carbocycles. The van der Waals surface area contributed by atoms with Gasteiger partial charge in [0.25, 0.3) is 7.82 Å². The number of esters is 1. The van der Waals surface area contributed by atoms with Crippen molar-refractivity contribution < 1.29 is 33.8 Å². The third kappa shape index (κ3) is 8.29. The summed E-state index contributed by atoms with van der Waals surface area (Å²) in [6, 6.07) is 0. The second-order valence-electron chi connectivity index (χ2n) is 3.33. The minimum atomic E-state index is -4.33. The summed E-state index contributed by atoms with van der Waals surface area (Å²) >= 11 is 0. The first-order valence-corrected chi connectivity index (χ1v) is 7.00. The molecule has 0 aromatic rings. The van der Waals surface area contributed by atoms with Crippen LogP contribution in [-0.2, 0) is 23.1 Å². The van der Waals surface area contributed by atoms with Crippen LogP contribution in [0.4, 0.5) is 0 Å². The maximum Gasteiger partial charge on any atom is 0.305 e. The van der Waals surface area contributed by atoms with Crippen LogP contribution < -0.4 is 10.6 Å². The summed E-state index contributed by atoms with van der Waals surface area (Å²) in [6.45, 7) is 3.11. The van der Waals surface area contributed by atoms with Gasteiger partial charge in [-0.1, -0.05) is 20.3 Å². The van der Waals surface area contributed by atoms with E-state index in [2.05, 4.69) is 14.8 Å². The summed E-state index contributed by atoms with van der Waals surface area (Å²) in [5.74, 6) is -0.383. The van der Waals surface area contributed by atoms with Crippen molar-refractivity contribution in [3.8, 4) is 0 Å². The maximum absolute atomic E-state index is 11.1. The first kappa shape index (κ1) is 16.5. The molecule has 0 aliphatic rings. The van der Waals surface area contributed by atoms with Crippen LogP contribution in [0.5, 0.6) is 0 Å². The average molecular weight is 269 g/mol. The molecule has 2 atom stereocenters. The van der Waals surface area contributed by atoms with Gasteiger partial charge in [0.2, 0.25) is 0 Å². The Morgan fingerprint density at radius 2 is 2.06 bits per heavy atom. The van der Waals surface area contributed by atoms with Gasteiger partial charge in [0.1, 0.15) is 6.10 Å². The van der Waals surface area contributed by atoms with Crippen molar-refractivity contribution in [3.63, 3.8) is 0 Å². The third-order valence-electron chi connectivity index (χ3n) is 1.87. The zero-order valence-electron chi connectivity index (χ0n) is 10.2.